The lowest BCUT2D eigenvalue weighted by molar-refractivity contribution is -0.193. The number of alkyl halides is 9. The summed E-state index contributed by atoms with van der Waals surface area (Å²) in [5, 5.41) is 25.9. The second kappa shape index (κ2) is 16.2. The van der Waals surface area contributed by atoms with Gasteiger partial charge < -0.3 is 20.2 Å². The number of carboxylic acid groups (broad SMARTS) is 3. The third-order valence-electron chi connectivity index (χ3n) is 5.94. The number of halogens is 9. The Labute approximate surface area is 254 Å². The number of aryl methyl sites for hydroxylation is 1. The Morgan fingerprint density at radius 3 is 1.76 bits per heavy atom. The summed E-state index contributed by atoms with van der Waals surface area (Å²) in [5.41, 5.74) is 3.83. The van der Waals surface area contributed by atoms with Gasteiger partial charge in [-0.25, -0.2) is 14.4 Å². The second-order valence-corrected chi connectivity index (χ2v) is 9.72. The van der Waals surface area contributed by atoms with Gasteiger partial charge in [-0.15, -0.1) is 0 Å². The number of carbonyl (C=O) groups is 4. The first-order valence-electron chi connectivity index (χ1n) is 12.8. The fraction of sp³-hybridized carbons (Fsp3) is 0.520. The van der Waals surface area contributed by atoms with Crippen molar-refractivity contribution in [2.45, 2.75) is 50.9 Å². The summed E-state index contributed by atoms with van der Waals surface area (Å²) < 4.78 is 97.1. The van der Waals surface area contributed by atoms with Gasteiger partial charge in [0.1, 0.15) is 0 Å². The van der Waals surface area contributed by atoms with Gasteiger partial charge in [-0.05, 0) is 37.3 Å². The molecule has 0 atom stereocenters. The maximum absolute atomic E-state index is 12.9. The van der Waals surface area contributed by atoms with Gasteiger partial charge in [0.05, 0.1) is 17.9 Å². The molecule has 12 nitrogen and oxygen atoms in total. The van der Waals surface area contributed by atoms with Crippen LogP contribution in [-0.2, 0) is 40.9 Å². The summed E-state index contributed by atoms with van der Waals surface area (Å²) >= 11 is 0. The Morgan fingerprint density at radius 1 is 0.891 bits per heavy atom. The maximum Gasteiger partial charge on any atom is 0.490 e. The van der Waals surface area contributed by atoms with Crippen LogP contribution in [0.25, 0.3) is 0 Å². The lowest BCUT2D eigenvalue weighted by Crippen LogP contribution is -2.34. The summed E-state index contributed by atoms with van der Waals surface area (Å²) in [5.74, 6) is -7.40. The van der Waals surface area contributed by atoms with E-state index in [1.807, 2.05) is 37.0 Å². The van der Waals surface area contributed by atoms with Crippen LogP contribution < -0.4 is 0 Å². The van der Waals surface area contributed by atoms with Crippen molar-refractivity contribution in [3.63, 3.8) is 0 Å². The van der Waals surface area contributed by atoms with Crippen molar-refractivity contribution in [2.75, 3.05) is 20.1 Å². The van der Waals surface area contributed by atoms with E-state index in [1.54, 1.807) is 11.1 Å². The van der Waals surface area contributed by atoms with Crippen LogP contribution in [0.4, 0.5) is 39.5 Å². The average molecular weight is 682 g/mol. The first-order chi connectivity index (χ1) is 20.9. The molecule has 258 valence electrons. The minimum atomic E-state index is -5.08. The van der Waals surface area contributed by atoms with Gasteiger partial charge in [0.2, 0.25) is 0 Å². The fourth-order valence-electron chi connectivity index (χ4n) is 3.60. The normalized spacial score (nSPS) is 14.6. The highest BCUT2D eigenvalue weighted by molar-refractivity contribution is 5.94. The Morgan fingerprint density at radius 2 is 1.37 bits per heavy atom. The summed E-state index contributed by atoms with van der Waals surface area (Å²) in [6.07, 6.45) is -9.84. The predicted octanol–water partition coefficient (Wildman–Crippen LogP) is 3.76. The average Bonchev–Trinajstić information content (AvgIpc) is 3.69. The van der Waals surface area contributed by atoms with Crippen LogP contribution >= 0.6 is 0 Å². The zero-order valence-corrected chi connectivity index (χ0v) is 23.9. The fourth-order valence-corrected chi connectivity index (χ4v) is 3.60. The van der Waals surface area contributed by atoms with Gasteiger partial charge in [-0.2, -0.15) is 44.6 Å². The Kier molecular flexibility index (Phi) is 14.0. The zero-order chi connectivity index (χ0) is 35.6. The van der Waals surface area contributed by atoms with Crippen molar-refractivity contribution in [1.82, 2.24) is 24.6 Å². The highest BCUT2D eigenvalue weighted by Crippen LogP contribution is 2.32. The quantitative estimate of drug-likeness (QED) is 0.396. The van der Waals surface area contributed by atoms with Gasteiger partial charge in [0.15, 0.2) is 5.69 Å². The van der Waals surface area contributed by atoms with Crippen LogP contribution in [0.3, 0.4) is 0 Å². The minimum Gasteiger partial charge on any atom is -0.475 e. The van der Waals surface area contributed by atoms with E-state index in [2.05, 4.69) is 15.0 Å². The molecular weight excluding hydrogens is 653 g/mol. The third-order valence-corrected chi connectivity index (χ3v) is 5.94. The van der Waals surface area contributed by atoms with Crippen LogP contribution in [0.1, 0.15) is 40.3 Å². The molecule has 2 aromatic rings. The largest absolute Gasteiger partial charge is 0.490 e. The van der Waals surface area contributed by atoms with Crippen molar-refractivity contribution >= 4 is 23.8 Å². The number of aliphatic carboxylic acids is 3. The molecule has 1 aliphatic carbocycles. The number of fused-ring (bicyclic) bond motifs is 1. The molecule has 21 heteroatoms. The standard InChI is InChI=1S/C19H25N5O.3C2HF3O2/c1-22(12-15-5-3-4-9-20-15)19(25)18-16-8-10-24(11-14-6-7-14)13-17(16)23(2)21-18;3*3-2(4,5)1(6)7/h3-5,9,14H,6-8,10-13H2,1-2H3;3*(H,6,7). The molecule has 0 unspecified atom stereocenters. The third kappa shape index (κ3) is 13.7. The topological polar surface area (TPSA) is 166 Å². The van der Waals surface area contributed by atoms with Crippen LogP contribution in [0.2, 0.25) is 0 Å². The van der Waals surface area contributed by atoms with Crippen molar-refractivity contribution in [1.29, 1.82) is 0 Å². The molecule has 1 amide bonds. The molecule has 2 aliphatic rings. The van der Waals surface area contributed by atoms with Crippen LogP contribution in [0, 0.1) is 5.92 Å². The number of carbonyl (C=O) groups excluding carboxylic acids is 1. The summed E-state index contributed by atoms with van der Waals surface area (Å²) in [4.78, 5) is 48.1. The SMILES string of the molecule is CN(Cc1ccccn1)C(=O)c1nn(C)c2c1CCN(CC1CC1)C2.O=C(O)C(F)(F)F.O=C(O)C(F)(F)F.O=C(O)C(F)(F)F. The first-order valence-corrected chi connectivity index (χ1v) is 12.8. The van der Waals surface area contributed by atoms with E-state index >= 15 is 0 Å². The van der Waals surface area contributed by atoms with Gasteiger partial charge in [-0.1, -0.05) is 6.07 Å². The predicted molar refractivity (Wildman–Crippen MR) is 136 cm³/mol. The van der Waals surface area contributed by atoms with Crippen molar-refractivity contribution in [2.24, 2.45) is 13.0 Å². The van der Waals surface area contributed by atoms with Gasteiger partial charge in [0, 0.05) is 45.5 Å². The first kappa shape index (κ1) is 39.6. The number of hydrogen-bond donors (Lipinski definition) is 3. The number of amides is 1. The minimum absolute atomic E-state index is 0.0156. The lowest BCUT2D eigenvalue weighted by atomic mass is 10.0. The van der Waals surface area contributed by atoms with Crippen molar-refractivity contribution < 1.29 is 74.0 Å². The summed E-state index contributed by atoms with van der Waals surface area (Å²) in [6.45, 7) is 3.62. The Bertz CT molecular complexity index is 1290. The second-order valence-electron chi connectivity index (χ2n) is 9.72. The lowest BCUT2D eigenvalue weighted by Gasteiger charge is -2.27. The Hall–Kier alpha value is -4.43. The molecule has 0 spiro atoms. The number of aromatic nitrogens is 3. The van der Waals surface area contributed by atoms with E-state index < -0.39 is 36.4 Å². The molecule has 0 radical (unpaired) electrons. The highest BCUT2D eigenvalue weighted by Gasteiger charge is 2.39. The molecule has 0 aromatic carbocycles. The maximum atomic E-state index is 12.9. The number of nitrogens with zero attached hydrogens (tertiary/aromatic N) is 5. The zero-order valence-electron chi connectivity index (χ0n) is 23.9. The molecule has 46 heavy (non-hydrogen) atoms. The smallest absolute Gasteiger partial charge is 0.475 e. The molecular formula is C25H28F9N5O7. The van der Waals surface area contributed by atoms with Crippen molar-refractivity contribution in [3.05, 3.63) is 47.0 Å². The van der Waals surface area contributed by atoms with Gasteiger partial charge >= 0.3 is 36.4 Å². The molecule has 3 heterocycles. The van der Waals surface area contributed by atoms with Gasteiger partial charge in [0.25, 0.3) is 5.91 Å². The molecule has 1 fully saturated rings. The number of carboxylic acids is 3. The van der Waals surface area contributed by atoms with Crippen LogP contribution in [0.15, 0.2) is 24.4 Å². The number of hydrogen-bond acceptors (Lipinski definition) is 7. The molecule has 1 aliphatic heterocycles. The van der Waals surface area contributed by atoms with Crippen molar-refractivity contribution in [3.8, 4) is 0 Å². The summed E-state index contributed by atoms with van der Waals surface area (Å²) in [7, 11) is 3.77. The molecule has 2 aromatic heterocycles. The number of pyridine rings is 1. The van der Waals surface area contributed by atoms with Gasteiger partial charge in [-0.3, -0.25) is 19.4 Å². The van der Waals surface area contributed by atoms with Crippen LogP contribution in [-0.4, -0.2) is 102 Å². The van der Waals surface area contributed by atoms with E-state index in [9.17, 15) is 44.3 Å². The highest BCUT2D eigenvalue weighted by atomic mass is 19.4. The van der Waals surface area contributed by atoms with Crippen LogP contribution in [0.5, 0.6) is 0 Å². The van der Waals surface area contributed by atoms with E-state index in [-0.39, 0.29) is 5.91 Å². The molecule has 1 saturated carbocycles. The van der Waals surface area contributed by atoms with E-state index in [0.717, 1.165) is 36.7 Å². The number of rotatable bonds is 5. The van der Waals surface area contributed by atoms with E-state index in [1.165, 1.54) is 25.1 Å². The monoisotopic (exact) mass is 681 g/mol. The molecule has 3 N–H and O–H groups in total. The van der Waals surface area contributed by atoms with E-state index in [0.29, 0.717) is 12.2 Å². The molecule has 0 saturated heterocycles. The summed E-state index contributed by atoms with van der Waals surface area (Å²) in [6, 6.07) is 5.76. The van der Waals surface area contributed by atoms with E-state index in [4.69, 9.17) is 29.7 Å². The Balaban J connectivity index is 0.000000413. The molecule has 0 bridgehead atoms. The molecule has 4 rings (SSSR count).